The molecule has 1 rings (SSSR count). The van der Waals surface area contributed by atoms with E-state index in [9.17, 15) is 0 Å². The van der Waals surface area contributed by atoms with Gasteiger partial charge in [-0.2, -0.15) is 0 Å². The average molecular weight is 252 g/mol. The summed E-state index contributed by atoms with van der Waals surface area (Å²) >= 11 is 0. The fourth-order valence-corrected chi connectivity index (χ4v) is 1.69. The summed E-state index contributed by atoms with van der Waals surface area (Å²) in [7, 11) is 4.47. The highest BCUT2D eigenvalue weighted by Gasteiger charge is 2.11. The molecule has 0 spiro atoms. The minimum atomic E-state index is 0. The smallest absolute Gasteiger partial charge is 0.0967 e. The Hall–Kier alpha value is -1.05. The maximum atomic E-state index is 3.80. The van der Waals surface area contributed by atoms with Crippen molar-refractivity contribution in [3.05, 3.63) is 54.6 Å². The Labute approximate surface area is 111 Å². The van der Waals surface area contributed by atoms with Crippen molar-refractivity contribution in [1.29, 1.82) is 0 Å². The molecule has 1 aromatic rings. The van der Waals surface area contributed by atoms with Crippen LogP contribution in [0.3, 0.4) is 0 Å². The second-order valence-corrected chi connectivity index (χ2v) is 4.83. The van der Waals surface area contributed by atoms with Crippen LogP contribution in [0.25, 0.3) is 6.08 Å². The van der Waals surface area contributed by atoms with E-state index in [2.05, 4.69) is 51.5 Å². The first-order valence-corrected chi connectivity index (χ1v) is 5.72. The predicted octanol–water partition coefficient (Wildman–Crippen LogP) is 0.139. The molecule has 0 aliphatic carbocycles. The van der Waals surface area contributed by atoms with Gasteiger partial charge in [-0.1, -0.05) is 43.5 Å². The van der Waals surface area contributed by atoms with Crippen LogP contribution in [0.1, 0.15) is 11.1 Å². The van der Waals surface area contributed by atoms with Gasteiger partial charge < -0.3 is 16.9 Å². The number of halogens is 1. The van der Waals surface area contributed by atoms with Gasteiger partial charge in [0.05, 0.1) is 27.2 Å². The minimum absolute atomic E-state index is 0. The summed E-state index contributed by atoms with van der Waals surface area (Å²) in [4.78, 5) is 0. The van der Waals surface area contributed by atoms with Crippen LogP contribution in [0.2, 0.25) is 0 Å². The number of likely N-dealkylation sites (N-methyl/N-ethyl adjacent to an activating group) is 1. The molecule has 0 aliphatic rings. The summed E-state index contributed by atoms with van der Waals surface area (Å²) in [5.41, 5.74) is 2.57. The number of benzene rings is 1. The number of quaternary nitrogens is 1. The van der Waals surface area contributed by atoms with Crippen LogP contribution in [0.5, 0.6) is 0 Å². The van der Waals surface area contributed by atoms with Gasteiger partial charge in [0, 0.05) is 6.42 Å². The van der Waals surface area contributed by atoms with Crippen LogP contribution in [-0.4, -0.2) is 31.7 Å². The van der Waals surface area contributed by atoms with Gasteiger partial charge in [0.2, 0.25) is 0 Å². The van der Waals surface area contributed by atoms with Gasteiger partial charge in [-0.15, -0.1) is 0 Å². The SMILES string of the molecule is C=CC[N+](C)(C)CCc1ccc(C=C)cc1.[Cl-]. The maximum absolute atomic E-state index is 3.80. The first-order valence-electron chi connectivity index (χ1n) is 5.72. The lowest BCUT2D eigenvalue weighted by Crippen LogP contribution is -3.00. The van der Waals surface area contributed by atoms with Crippen LogP contribution in [0.15, 0.2) is 43.5 Å². The maximum Gasteiger partial charge on any atom is 0.0967 e. The van der Waals surface area contributed by atoms with Gasteiger partial charge in [-0.3, -0.25) is 0 Å². The zero-order valence-corrected chi connectivity index (χ0v) is 11.6. The third kappa shape index (κ3) is 5.71. The molecule has 0 N–H and O–H groups in total. The monoisotopic (exact) mass is 251 g/mol. The first kappa shape index (κ1) is 16.0. The number of hydrogen-bond acceptors (Lipinski definition) is 0. The topological polar surface area (TPSA) is 0 Å². The third-order valence-corrected chi connectivity index (χ3v) is 2.84. The summed E-state index contributed by atoms with van der Waals surface area (Å²) in [6.07, 6.45) is 4.97. The van der Waals surface area contributed by atoms with Crippen molar-refractivity contribution in [3.8, 4) is 0 Å². The Kier molecular flexibility index (Phi) is 6.86. The quantitative estimate of drug-likeness (QED) is 0.499. The molecule has 0 aromatic heterocycles. The fraction of sp³-hybridized carbons (Fsp3) is 0.333. The largest absolute Gasteiger partial charge is 1.00 e. The van der Waals surface area contributed by atoms with Gasteiger partial charge in [-0.25, -0.2) is 0 Å². The van der Waals surface area contributed by atoms with E-state index >= 15 is 0 Å². The van der Waals surface area contributed by atoms with Crippen LogP contribution in [0, 0.1) is 0 Å². The minimum Gasteiger partial charge on any atom is -1.00 e. The summed E-state index contributed by atoms with van der Waals surface area (Å²) in [5, 5.41) is 0. The number of rotatable bonds is 6. The lowest BCUT2D eigenvalue weighted by Gasteiger charge is -2.28. The Morgan fingerprint density at radius 2 is 1.71 bits per heavy atom. The summed E-state index contributed by atoms with van der Waals surface area (Å²) < 4.78 is 0.993. The molecule has 0 radical (unpaired) electrons. The highest BCUT2D eigenvalue weighted by Crippen LogP contribution is 2.08. The van der Waals surface area contributed by atoms with Crippen LogP contribution in [-0.2, 0) is 6.42 Å². The Morgan fingerprint density at radius 1 is 1.12 bits per heavy atom. The van der Waals surface area contributed by atoms with Gasteiger partial charge in [0.15, 0.2) is 0 Å². The lowest BCUT2D eigenvalue weighted by molar-refractivity contribution is -0.884. The van der Waals surface area contributed by atoms with E-state index in [1.807, 2.05) is 12.2 Å². The molecule has 0 unspecified atom stereocenters. The molecule has 0 aliphatic heterocycles. The van der Waals surface area contributed by atoms with Crippen molar-refractivity contribution in [1.82, 2.24) is 0 Å². The molecule has 0 heterocycles. The van der Waals surface area contributed by atoms with E-state index in [-0.39, 0.29) is 12.4 Å². The second-order valence-electron chi connectivity index (χ2n) is 4.83. The van der Waals surface area contributed by atoms with Crippen molar-refractivity contribution >= 4 is 6.08 Å². The third-order valence-electron chi connectivity index (χ3n) is 2.84. The molecule has 1 nitrogen and oxygen atoms in total. The number of hydrogen-bond donors (Lipinski definition) is 0. The zero-order chi connectivity index (χ0) is 12.0. The molecular weight excluding hydrogens is 230 g/mol. The molecule has 0 bridgehead atoms. The summed E-state index contributed by atoms with van der Waals surface area (Å²) in [5.74, 6) is 0. The highest BCUT2D eigenvalue weighted by molar-refractivity contribution is 5.47. The van der Waals surface area contributed by atoms with E-state index < -0.39 is 0 Å². The number of nitrogens with zero attached hydrogens (tertiary/aromatic N) is 1. The summed E-state index contributed by atoms with van der Waals surface area (Å²) in [6, 6.07) is 8.61. The lowest BCUT2D eigenvalue weighted by atomic mass is 10.1. The Bertz CT molecular complexity index is 352. The van der Waals surface area contributed by atoms with Crippen LogP contribution in [0.4, 0.5) is 0 Å². The van der Waals surface area contributed by atoms with Crippen molar-refractivity contribution in [2.45, 2.75) is 6.42 Å². The highest BCUT2D eigenvalue weighted by atomic mass is 35.5. The fourth-order valence-electron chi connectivity index (χ4n) is 1.69. The molecule has 0 fully saturated rings. The molecule has 0 saturated heterocycles. The van der Waals surface area contributed by atoms with Crippen molar-refractivity contribution in [2.75, 3.05) is 27.2 Å². The van der Waals surface area contributed by atoms with E-state index in [0.717, 1.165) is 24.0 Å². The van der Waals surface area contributed by atoms with E-state index in [1.54, 1.807) is 0 Å². The van der Waals surface area contributed by atoms with Crippen molar-refractivity contribution in [2.24, 2.45) is 0 Å². The van der Waals surface area contributed by atoms with Gasteiger partial charge >= 0.3 is 0 Å². The van der Waals surface area contributed by atoms with Crippen LogP contribution >= 0.6 is 0 Å². The Balaban J connectivity index is 0.00000256. The van der Waals surface area contributed by atoms with Gasteiger partial charge in [0.25, 0.3) is 0 Å². The normalized spacial score (nSPS) is 10.5. The molecule has 0 saturated carbocycles. The molecule has 2 heteroatoms. The molecular formula is C15H22ClN. The van der Waals surface area contributed by atoms with Crippen LogP contribution < -0.4 is 12.4 Å². The van der Waals surface area contributed by atoms with E-state index in [1.165, 1.54) is 11.1 Å². The van der Waals surface area contributed by atoms with E-state index in [0.29, 0.717) is 0 Å². The standard InChI is InChI=1S/C15H22N.ClH/c1-5-12-16(3,4)13-11-15-9-7-14(6-2)8-10-15;/h5-10H,1-2,11-13H2,3-4H3;1H/q+1;/p-1. The van der Waals surface area contributed by atoms with Crippen molar-refractivity contribution < 1.29 is 16.9 Å². The molecule has 17 heavy (non-hydrogen) atoms. The van der Waals surface area contributed by atoms with E-state index in [4.69, 9.17) is 0 Å². The first-order chi connectivity index (χ1) is 7.57. The molecule has 0 amide bonds. The zero-order valence-electron chi connectivity index (χ0n) is 10.8. The average Bonchev–Trinajstić information content (AvgIpc) is 2.27. The molecule has 0 atom stereocenters. The summed E-state index contributed by atoms with van der Waals surface area (Å²) in [6.45, 7) is 9.71. The van der Waals surface area contributed by atoms with Gasteiger partial charge in [-0.05, 0) is 17.2 Å². The predicted molar refractivity (Wildman–Crippen MR) is 72.3 cm³/mol. The van der Waals surface area contributed by atoms with Crippen molar-refractivity contribution in [3.63, 3.8) is 0 Å². The molecule has 94 valence electrons. The molecule has 1 aromatic carbocycles. The Morgan fingerprint density at radius 3 is 2.18 bits per heavy atom. The van der Waals surface area contributed by atoms with Gasteiger partial charge in [0.1, 0.15) is 0 Å². The second kappa shape index (κ2) is 7.31.